The summed E-state index contributed by atoms with van der Waals surface area (Å²) in [5.74, 6) is 0. The predicted molar refractivity (Wildman–Crippen MR) is 53.6 cm³/mol. The number of aryl methyl sites for hydroxylation is 1. The smallest absolute Gasteiger partial charge is 0.306 e. The Kier molecular flexibility index (Phi) is 1.96. The minimum absolute atomic E-state index is 0.134. The Labute approximate surface area is 80.2 Å². The molecule has 0 bridgehead atoms. The number of carbonyl (C=O) groups excluding carboxylic acids is 1. The van der Waals surface area contributed by atoms with Crippen LogP contribution in [0.5, 0.6) is 0 Å². The van der Waals surface area contributed by atoms with Crippen LogP contribution < -0.4 is 5.69 Å². The van der Waals surface area contributed by atoms with Crippen molar-refractivity contribution in [3.05, 3.63) is 34.2 Å². The van der Waals surface area contributed by atoms with Crippen LogP contribution in [0.3, 0.4) is 0 Å². The van der Waals surface area contributed by atoms with Crippen LogP contribution in [-0.4, -0.2) is 15.8 Å². The first-order valence-electron chi connectivity index (χ1n) is 4.44. The molecule has 0 amide bonds. The van der Waals surface area contributed by atoms with Crippen LogP contribution in [0.4, 0.5) is 0 Å². The van der Waals surface area contributed by atoms with E-state index in [4.69, 9.17) is 0 Å². The van der Waals surface area contributed by atoms with Crippen LogP contribution in [0.25, 0.3) is 11.0 Å². The zero-order valence-electron chi connectivity index (χ0n) is 7.78. The summed E-state index contributed by atoms with van der Waals surface area (Å²) in [4.78, 5) is 24.6. The second-order valence-electron chi connectivity index (χ2n) is 3.07. The van der Waals surface area contributed by atoms with E-state index in [0.717, 1.165) is 11.8 Å². The summed E-state index contributed by atoms with van der Waals surface area (Å²) in [7, 11) is 0. The molecule has 0 radical (unpaired) electrons. The van der Waals surface area contributed by atoms with Gasteiger partial charge in [0.2, 0.25) is 0 Å². The first-order valence-corrected chi connectivity index (χ1v) is 4.44. The minimum Gasteiger partial charge on any atom is -0.306 e. The minimum atomic E-state index is -0.134. The lowest BCUT2D eigenvalue weighted by molar-refractivity contribution is 0.112. The van der Waals surface area contributed by atoms with Crippen LogP contribution >= 0.6 is 0 Å². The molecule has 0 fully saturated rings. The largest absolute Gasteiger partial charge is 0.326 e. The molecule has 0 spiro atoms. The van der Waals surface area contributed by atoms with Gasteiger partial charge in [0.25, 0.3) is 0 Å². The van der Waals surface area contributed by atoms with Gasteiger partial charge < -0.3 is 4.98 Å². The van der Waals surface area contributed by atoms with Crippen molar-refractivity contribution in [2.45, 2.75) is 13.5 Å². The number of carbonyl (C=O) groups is 1. The van der Waals surface area contributed by atoms with Crippen molar-refractivity contribution in [1.82, 2.24) is 9.55 Å². The third-order valence-corrected chi connectivity index (χ3v) is 2.25. The van der Waals surface area contributed by atoms with Crippen LogP contribution in [-0.2, 0) is 6.54 Å². The zero-order valence-corrected chi connectivity index (χ0v) is 7.78. The normalized spacial score (nSPS) is 10.6. The summed E-state index contributed by atoms with van der Waals surface area (Å²) in [6.07, 6.45) is 0.765. The second-order valence-corrected chi connectivity index (χ2v) is 3.07. The van der Waals surface area contributed by atoms with Gasteiger partial charge >= 0.3 is 5.69 Å². The number of rotatable bonds is 2. The number of fused-ring (bicyclic) bond motifs is 1. The Morgan fingerprint density at radius 1 is 1.50 bits per heavy atom. The first-order chi connectivity index (χ1) is 6.76. The summed E-state index contributed by atoms with van der Waals surface area (Å²) < 4.78 is 1.63. The van der Waals surface area contributed by atoms with Crippen molar-refractivity contribution >= 4 is 17.3 Å². The molecule has 4 heteroatoms. The summed E-state index contributed by atoms with van der Waals surface area (Å²) in [5, 5.41) is 0. The number of aldehydes is 1. The SMILES string of the molecule is CCn1c(=O)[nH]c2cc(C=O)ccc21. The molecule has 0 atom stereocenters. The highest BCUT2D eigenvalue weighted by molar-refractivity contribution is 5.84. The lowest BCUT2D eigenvalue weighted by Gasteiger charge is -1.96. The number of H-pyrrole nitrogens is 1. The molecule has 0 aliphatic heterocycles. The van der Waals surface area contributed by atoms with Gasteiger partial charge in [-0.05, 0) is 25.1 Å². The van der Waals surface area contributed by atoms with Crippen LogP contribution in [0.15, 0.2) is 23.0 Å². The van der Waals surface area contributed by atoms with E-state index in [1.54, 1.807) is 22.8 Å². The molecule has 2 rings (SSSR count). The van der Waals surface area contributed by atoms with E-state index in [1.165, 1.54) is 0 Å². The molecule has 1 N–H and O–H groups in total. The Morgan fingerprint density at radius 3 is 2.93 bits per heavy atom. The molecule has 1 aromatic heterocycles. The van der Waals surface area contributed by atoms with E-state index < -0.39 is 0 Å². The average Bonchev–Trinajstić information content (AvgIpc) is 2.51. The molecule has 0 aliphatic rings. The zero-order chi connectivity index (χ0) is 10.1. The number of aromatic nitrogens is 2. The highest BCUT2D eigenvalue weighted by Gasteiger charge is 2.04. The Morgan fingerprint density at radius 2 is 2.29 bits per heavy atom. The van der Waals surface area contributed by atoms with Gasteiger partial charge in [0.15, 0.2) is 0 Å². The fourth-order valence-electron chi connectivity index (χ4n) is 1.57. The van der Waals surface area contributed by atoms with E-state index in [-0.39, 0.29) is 5.69 Å². The van der Waals surface area contributed by atoms with Gasteiger partial charge in [-0.25, -0.2) is 4.79 Å². The molecular formula is C10H10N2O2. The number of nitrogens with one attached hydrogen (secondary N) is 1. The fraction of sp³-hybridized carbons (Fsp3) is 0.200. The van der Waals surface area contributed by atoms with Crippen molar-refractivity contribution in [3.63, 3.8) is 0 Å². The van der Waals surface area contributed by atoms with Gasteiger partial charge in [-0.1, -0.05) is 0 Å². The topological polar surface area (TPSA) is 54.9 Å². The monoisotopic (exact) mass is 190 g/mol. The molecule has 0 unspecified atom stereocenters. The lowest BCUT2D eigenvalue weighted by Crippen LogP contribution is -2.14. The molecule has 72 valence electrons. The molecule has 4 nitrogen and oxygen atoms in total. The van der Waals surface area contributed by atoms with Crippen LogP contribution in [0.2, 0.25) is 0 Å². The van der Waals surface area contributed by atoms with E-state index in [0.29, 0.717) is 17.6 Å². The molecule has 14 heavy (non-hydrogen) atoms. The summed E-state index contributed by atoms with van der Waals surface area (Å²) in [6.45, 7) is 2.53. The van der Waals surface area contributed by atoms with Crippen molar-refractivity contribution in [2.75, 3.05) is 0 Å². The maximum atomic E-state index is 11.4. The number of hydrogen-bond donors (Lipinski definition) is 1. The quantitative estimate of drug-likeness (QED) is 0.722. The Hall–Kier alpha value is -1.84. The summed E-state index contributed by atoms with van der Waals surface area (Å²) in [6, 6.07) is 5.16. The molecule has 0 aliphatic carbocycles. The van der Waals surface area contributed by atoms with Gasteiger partial charge in [-0.2, -0.15) is 0 Å². The van der Waals surface area contributed by atoms with Gasteiger partial charge in [-0.3, -0.25) is 9.36 Å². The van der Waals surface area contributed by atoms with E-state index >= 15 is 0 Å². The van der Waals surface area contributed by atoms with E-state index in [1.807, 2.05) is 6.92 Å². The van der Waals surface area contributed by atoms with Gasteiger partial charge in [-0.15, -0.1) is 0 Å². The molecule has 0 saturated carbocycles. The predicted octanol–water partition coefficient (Wildman–Crippen LogP) is 1.16. The average molecular weight is 190 g/mol. The Bertz CT molecular complexity index is 537. The van der Waals surface area contributed by atoms with Crippen LogP contribution in [0, 0.1) is 0 Å². The van der Waals surface area contributed by atoms with Gasteiger partial charge in [0.05, 0.1) is 11.0 Å². The summed E-state index contributed by atoms with van der Waals surface area (Å²) in [5.41, 5.74) is 1.98. The van der Waals surface area contributed by atoms with Crippen LogP contribution in [0.1, 0.15) is 17.3 Å². The third kappa shape index (κ3) is 1.16. The number of aromatic amines is 1. The summed E-state index contributed by atoms with van der Waals surface area (Å²) >= 11 is 0. The Balaban J connectivity index is 2.80. The number of imidazole rings is 1. The maximum Gasteiger partial charge on any atom is 0.326 e. The van der Waals surface area contributed by atoms with Crippen molar-refractivity contribution in [3.8, 4) is 0 Å². The number of benzene rings is 1. The fourth-order valence-corrected chi connectivity index (χ4v) is 1.57. The van der Waals surface area contributed by atoms with E-state index in [2.05, 4.69) is 4.98 Å². The number of nitrogens with zero attached hydrogens (tertiary/aromatic N) is 1. The molecule has 2 aromatic rings. The van der Waals surface area contributed by atoms with Crippen molar-refractivity contribution < 1.29 is 4.79 Å². The highest BCUT2D eigenvalue weighted by Crippen LogP contribution is 2.11. The van der Waals surface area contributed by atoms with Gasteiger partial charge in [0, 0.05) is 12.1 Å². The maximum absolute atomic E-state index is 11.4. The second kappa shape index (κ2) is 3.14. The van der Waals surface area contributed by atoms with Gasteiger partial charge in [0.1, 0.15) is 6.29 Å². The molecule has 1 aromatic carbocycles. The standard InChI is InChI=1S/C10H10N2O2/c1-2-12-9-4-3-7(6-13)5-8(9)11-10(12)14/h3-6H,2H2,1H3,(H,11,14). The van der Waals surface area contributed by atoms with E-state index in [9.17, 15) is 9.59 Å². The third-order valence-electron chi connectivity index (χ3n) is 2.25. The number of hydrogen-bond acceptors (Lipinski definition) is 2. The van der Waals surface area contributed by atoms with Crippen molar-refractivity contribution in [2.24, 2.45) is 0 Å². The highest BCUT2D eigenvalue weighted by atomic mass is 16.1. The molecule has 0 saturated heterocycles. The molecular weight excluding hydrogens is 180 g/mol. The van der Waals surface area contributed by atoms with Crippen molar-refractivity contribution in [1.29, 1.82) is 0 Å². The lowest BCUT2D eigenvalue weighted by atomic mass is 10.2. The molecule has 1 heterocycles. The first kappa shape index (κ1) is 8.74.